The molecule has 12 nitrogen and oxygen atoms in total. The maximum Gasteiger partial charge on any atom is 0.257 e. The normalized spacial score (nSPS) is 22.8. The molecule has 0 saturated carbocycles. The van der Waals surface area contributed by atoms with Gasteiger partial charge in [-0.2, -0.15) is 5.10 Å². The van der Waals surface area contributed by atoms with Gasteiger partial charge in [-0.1, -0.05) is 36.4 Å². The minimum absolute atomic E-state index is 0.0224. The number of nitrogens with zero attached hydrogens (tertiary/aromatic N) is 5. The number of aliphatic hydroxyl groups is 1. The van der Waals surface area contributed by atoms with Crippen LogP contribution in [0.1, 0.15) is 24.0 Å². The maximum atomic E-state index is 14.3. The van der Waals surface area contributed by atoms with Crippen molar-refractivity contribution in [1.29, 1.82) is 0 Å². The first-order chi connectivity index (χ1) is 24.9. The van der Waals surface area contributed by atoms with Crippen LogP contribution < -0.4 is 16.1 Å². The van der Waals surface area contributed by atoms with E-state index in [0.29, 0.717) is 49.8 Å². The van der Waals surface area contributed by atoms with Gasteiger partial charge >= 0.3 is 0 Å². The topological polar surface area (TPSA) is 144 Å². The third-order valence-corrected chi connectivity index (χ3v) is 9.94. The second-order valence-electron chi connectivity index (χ2n) is 13.1. The van der Waals surface area contributed by atoms with E-state index in [1.807, 2.05) is 40.2 Å². The number of halogens is 1. The number of likely N-dealkylation sites (tertiary alicyclic amines) is 1. The molecule has 4 aliphatic rings. The van der Waals surface area contributed by atoms with Gasteiger partial charge < -0.3 is 30.8 Å². The lowest BCUT2D eigenvalue weighted by Crippen LogP contribution is -2.51. The standard InChI is InChI=1S/C38H41FN8O4/c1-51-38(37(50)43-29-8-10-32-30(22-29)35(45-44-32)28-7-9-31(39)33(21-28)40-16-20-48)13-19-46(24-38)23-34(49)47-17-11-26(12-18-47)25-3-5-27(6-4-25)36-41-14-2-15-42-36/h2-11,14-15,21-22,30,32,40,44,48H,12-13,16-20,23-24H2,1H3,(H,43,50)/t30?,32?,38-/m0/s1. The van der Waals surface area contributed by atoms with Crippen LogP contribution in [-0.4, -0.2) is 107 Å². The number of aromatic nitrogens is 2. The lowest BCUT2D eigenvalue weighted by atomic mass is 9.87. The van der Waals surface area contributed by atoms with E-state index in [4.69, 9.17) is 9.84 Å². The Hall–Kier alpha value is -5.24. The van der Waals surface area contributed by atoms with Gasteiger partial charge in [-0.15, -0.1) is 0 Å². The van der Waals surface area contributed by atoms with Crippen molar-refractivity contribution < 1.29 is 23.8 Å². The smallest absolute Gasteiger partial charge is 0.257 e. The summed E-state index contributed by atoms with van der Waals surface area (Å²) in [6, 6.07) is 14.6. The average Bonchev–Trinajstić information content (AvgIpc) is 3.80. The number of carbonyl (C=O) groups is 2. The van der Waals surface area contributed by atoms with Crippen molar-refractivity contribution in [3.63, 3.8) is 0 Å². The number of amides is 2. The van der Waals surface area contributed by atoms with Crippen molar-refractivity contribution >= 4 is 28.8 Å². The zero-order valence-corrected chi connectivity index (χ0v) is 28.4. The highest BCUT2D eigenvalue weighted by Gasteiger charge is 2.46. The molecular formula is C38H41FN8O4. The molecule has 4 N–H and O–H groups in total. The van der Waals surface area contributed by atoms with Crippen LogP contribution in [0, 0.1) is 11.7 Å². The van der Waals surface area contributed by atoms with Crippen LogP contribution in [0.15, 0.2) is 96.0 Å². The van der Waals surface area contributed by atoms with E-state index in [1.54, 1.807) is 30.6 Å². The monoisotopic (exact) mass is 692 g/mol. The van der Waals surface area contributed by atoms with Crippen molar-refractivity contribution in [1.82, 2.24) is 30.5 Å². The molecule has 1 aromatic heterocycles. The third kappa shape index (κ3) is 7.32. The van der Waals surface area contributed by atoms with Crippen LogP contribution >= 0.6 is 0 Å². The van der Waals surface area contributed by atoms with Crippen LogP contribution in [0.4, 0.5) is 10.1 Å². The molecule has 2 amide bonds. The fourth-order valence-electron chi connectivity index (χ4n) is 7.03. The van der Waals surface area contributed by atoms with Gasteiger partial charge in [0, 0.05) is 75.0 Å². The number of aliphatic hydroxyl groups excluding tert-OH is 1. The maximum absolute atomic E-state index is 14.3. The summed E-state index contributed by atoms with van der Waals surface area (Å²) in [7, 11) is 1.53. The Morgan fingerprint density at radius 1 is 1.10 bits per heavy atom. The first-order valence-corrected chi connectivity index (χ1v) is 17.2. The van der Waals surface area contributed by atoms with E-state index >= 15 is 0 Å². The van der Waals surface area contributed by atoms with E-state index in [-0.39, 0.29) is 49.2 Å². The Kier molecular flexibility index (Phi) is 10.0. The Labute approximate surface area is 295 Å². The van der Waals surface area contributed by atoms with E-state index < -0.39 is 11.4 Å². The zero-order chi connectivity index (χ0) is 35.4. The van der Waals surface area contributed by atoms with Crippen LogP contribution in [0.2, 0.25) is 0 Å². The Morgan fingerprint density at radius 2 is 1.88 bits per heavy atom. The highest BCUT2D eigenvalue weighted by atomic mass is 19.1. The SMILES string of the molecule is CO[C@@]1(C(=O)NC2=CC3C(c4ccc(F)c(NCCO)c4)=NNC3C=C2)CCN(CC(=O)N2CC=C(c3ccc(-c4ncccn4)cc3)CC2)C1. The van der Waals surface area contributed by atoms with Crippen LogP contribution in [0.3, 0.4) is 0 Å². The van der Waals surface area contributed by atoms with Crippen molar-refractivity contribution in [2.75, 3.05) is 58.3 Å². The molecule has 1 aliphatic carbocycles. The molecule has 0 spiro atoms. The van der Waals surface area contributed by atoms with Crippen molar-refractivity contribution in [3.8, 4) is 11.4 Å². The van der Waals surface area contributed by atoms with E-state index in [9.17, 15) is 14.0 Å². The molecular weight excluding hydrogens is 651 g/mol. The average molecular weight is 693 g/mol. The quantitative estimate of drug-likeness (QED) is 0.239. The molecule has 2 aromatic carbocycles. The number of methoxy groups -OCH3 is 1. The number of fused-ring (bicyclic) bond motifs is 1. The van der Waals surface area contributed by atoms with Gasteiger partial charge in [0.2, 0.25) is 5.91 Å². The lowest BCUT2D eigenvalue weighted by molar-refractivity contribution is -0.142. The number of carbonyl (C=O) groups excluding carboxylic acids is 2. The molecule has 3 atom stereocenters. The summed E-state index contributed by atoms with van der Waals surface area (Å²) in [6.07, 6.45) is 12.5. The van der Waals surface area contributed by atoms with Crippen molar-refractivity contribution in [3.05, 3.63) is 108 Å². The van der Waals surface area contributed by atoms with E-state index in [2.05, 4.69) is 49.3 Å². The van der Waals surface area contributed by atoms with Gasteiger partial charge in [0.1, 0.15) is 5.82 Å². The summed E-state index contributed by atoms with van der Waals surface area (Å²) in [6.45, 7) is 2.31. The van der Waals surface area contributed by atoms with Crippen LogP contribution in [0.5, 0.6) is 0 Å². The Bertz CT molecular complexity index is 1900. The highest BCUT2D eigenvalue weighted by molar-refractivity contribution is 6.05. The lowest BCUT2D eigenvalue weighted by Gasteiger charge is -2.30. The third-order valence-electron chi connectivity index (χ3n) is 9.94. The van der Waals surface area contributed by atoms with Gasteiger partial charge in [0.15, 0.2) is 11.4 Å². The number of hydrogen-bond acceptors (Lipinski definition) is 10. The fraction of sp³-hybridized carbons (Fsp3) is 0.342. The Balaban J connectivity index is 0.940. The summed E-state index contributed by atoms with van der Waals surface area (Å²) >= 11 is 0. The summed E-state index contributed by atoms with van der Waals surface area (Å²) in [5.41, 5.74) is 7.64. The van der Waals surface area contributed by atoms with Crippen molar-refractivity contribution in [2.45, 2.75) is 24.5 Å². The van der Waals surface area contributed by atoms with Crippen LogP contribution in [0.25, 0.3) is 17.0 Å². The highest BCUT2D eigenvalue weighted by Crippen LogP contribution is 2.30. The molecule has 0 radical (unpaired) electrons. The Morgan fingerprint density at radius 3 is 2.63 bits per heavy atom. The van der Waals surface area contributed by atoms with Gasteiger partial charge in [0.05, 0.1) is 30.6 Å². The second kappa shape index (κ2) is 14.9. The second-order valence-corrected chi connectivity index (χ2v) is 13.1. The summed E-state index contributed by atoms with van der Waals surface area (Å²) < 4.78 is 20.2. The molecule has 1 fully saturated rings. The minimum atomic E-state index is -1.10. The molecule has 7 rings (SSSR count). The molecule has 3 aromatic rings. The number of hydrogen-bond donors (Lipinski definition) is 4. The molecule has 2 unspecified atom stereocenters. The summed E-state index contributed by atoms with van der Waals surface area (Å²) in [5.74, 6) is -0.173. The molecule has 264 valence electrons. The molecule has 0 bridgehead atoms. The molecule has 1 saturated heterocycles. The number of anilines is 1. The number of ether oxygens (including phenoxy) is 1. The first kappa shape index (κ1) is 34.2. The van der Waals surface area contributed by atoms with Gasteiger partial charge in [-0.05, 0) is 60.4 Å². The van der Waals surface area contributed by atoms with E-state index in [0.717, 1.165) is 23.1 Å². The fourth-order valence-corrected chi connectivity index (χ4v) is 7.03. The largest absolute Gasteiger partial charge is 0.395 e. The summed E-state index contributed by atoms with van der Waals surface area (Å²) in [4.78, 5) is 39.6. The number of hydrazone groups is 1. The molecule has 4 heterocycles. The van der Waals surface area contributed by atoms with Crippen molar-refractivity contribution in [2.24, 2.45) is 11.0 Å². The molecule has 3 aliphatic heterocycles. The predicted molar refractivity (Wildman–Crippen MR) is 192 cm³/mol. The minimum Gasteiger partial charge on any atom is -0.395 e. The number of allylic oxidation sites excluding steroid dienone is 1. The van der Waals surface area contributed by atoms with Gasteiger partial charge in [-0.25, -0.2) is 14.4 Å². The first-order valence-electron chi connectivity index (χ1n) is 17.2. The molecule has 51 heavy (non-hydrogen) atoms. The van der Waals surface area contributed by atoms with Gasteiger partial charge in [0.25, 0.3) is 5.91 Å². The van der Waals surface area contributed by atoms with Crippen LogP contribution in [-0.2, 0) is 14.3 Å². The number of rotatable bonds is 11. The summed E-state index contributed by atoms with van der Waals surface area (Å²) in [5, 5.41) is 19.6. The zero-order valence-electron chi connectivity index (χ0n) is 28.4. The number of nitrogens with one attached hydrogen (secondary N) is 3. The van der Waals surface area contributed by atoms with Gasteiger partial charge in [-0.3, -0.25) is 14.5 Å². The predicted octanol–water partition coefficient (Wildman–Crippen LogP) is 2.96. The number of benzene rings is 2. The molecule has 13 heteroatoms. The van der Waals surface area contributed by atoms with E-state index in [1.165, 1.54) is 18.7 Å².